The molecule has 1 aromatic carbocycles. The first-order chi connectivity index (χ1) is 9.13. The van der Waals surface area contributed by atoms with Crippen LogP contribution in [0.3, 0.4) is 0 Å². The predicted molar refractivity (Wildman–Crippen MR) is 76.9 cm³/mol. The summed E-state index contributed by atoms with van der Waals surface area (Å²) in [6.07, 6.45) is 3.44. The first-order valence-corrected chi connectivity index (χ1v) is 7.20. The Balaban J connectivity index is 2.33. The average Bonchev–Trinajstić information content (AvgIpc) is 2.43. The molecule has 0 aliphatic heterocycles. The van der Waals surface area contributed by atoms with Gasteiger partial charge in [0.15, 0.2) is 10.9 Å². The van der Waals surface area contributed by atoms with Gasteiger partial charge in [-0.2, -0.15) is 4.98 Å². The van der Waals surface area contributed by atoms with Crippen LogP contribution in [-0.2, 0) is 0 Å². The van der Waals surface area contributed by atoms with Crippen LogP contribution in [0.1, 0.15) is 0 Å². The second-order valence-corrected chi connectivity index (χ2v) is 5.00. The number of halogens is 2. The maximum atomic E-state index is 5.93. The van der Waals surface area contributed by atoms with Gasteiger partial charge in [0.1, 0.15) is 5.75 Å². The van der Waals surface area contributed by atoms with E-state index in [1.807, 2.05) is 6.26 Å². The fourth-order valence-electron chi connectivity index (χ4n) is 1.30. The van der Waals surface area contributed by atoms with Gasteiger partial charge >= 0.3 is 0 Å². The number of benzene rings is 1. The Labute approximate surface area is 125 Å². The van der Waals surface area contributed by atoms with Gasteiger partial charge in [0.25, 0.3) is 5.88 Å². The number of methoxy groups -OCH3 is 1. The molecule has 0 aliphatic rings. The predicted octanol–water partition coefficient (Wildman–Crippen LogP) is 4.31. The number of thioether (sulfide) groups is 1. The van der Waals surface area contributed by atoms with Gasteiger partial charge < -0.3 is 9.47 Å². The minimum Gasteiger partial charge on any atom is -0.490 e. The summed E-state index contributed by atoms with van der Waals surface area (Å²) in [5.74, 6) is 1.31. The van der Waals surface area contributed by atoms with Crippen molar-refractivity contribution < 1.29 is 9.47 Å². The van der Waals surface area contributed by atoms with Gasteiger partial charge in [-0.1, -0.05) is 35.0 Å². The fraction of sp³-hybridized carbons (Fsp3) is 0.167. The molecule has 0 N–H and O–H groups in total. The molecule has 0 unspecified atom stereocenters. The molecule has 4 nitrogen and oxygen atoms in total. The van der Waals surface area contributed by atoms with E-state index >= 15 is 0 Å². The zero-order chi connectivity index (χ0) is 13.8. The Morgan fingerprint density at radius 3 is 2.63 bits per heavy atom. The highest BCUT2D eigenvalue weighted by molar-refractivity contribution is 7.98. The minimum atomic E-state index is 0.334. The van der Waals surface area contributed by atoms with Crippen LogP contribution in [0, 0.1) is 0 Å². The molecule has 0 saturated carbocycles. The number of rotatable bonds is 4. The summed E-state index contributed by atoms with van der Waals surface area (Å²) in [4.78, 5) is 8.34. The van der Waals surface area contributed by atoms with Crippen molar-refractivity contribution in [1.82, 2.24) is 9.97 Å². The fourth-order valence-corrected chi connectivity index (χ4v) is 1.92. The Bertz CT molecular complexity index is 596. The Morgan fingerprint density at radius 2 is 2.00 bits per heavy atom. The van der Waals surface area contributed by atoms with Crippen molar-refractivity contribution in [3.63, 3.8) is 0 Å². The molecular weight excluding hydrogens is 307 g/mol. The van der Waals surface area contributed by atoms with Crippen molar-refractivity contribution in [2.24, 2.45) is 0 Å². The van der Waals surface area contributed by atoms with Crippen LogP contribution in [-0.4, -0.2) is 23.3 Å². The minimum absolute atomic E-state index is 0.334. The lowest BCUT2D eigenvalue weighted by Crippen LogP contribution is -1.96. The molecule has 0 bridgehead atoms. The van der Waals surface area contributed by atoms with Gasteiger partial charge in [0.05, 0.1) is 23.4 Å². The van der Waals surface area contributed by atoms with Crippen molar-refractivity contribution >= 4 is 35.0 Å². The summed E-state index contributed by atoms with van der Waals surface area (Å²) >= 11 is 13.2. The normalized spacial score (nSPS) is 10.3. The molecule has 19 heavy (non-hydrogen) atoms. The number of hydrogen-bond donors (Lipinski definition) is 0. The number of aromatic nitrogens is 2. The molecule has 1 heterocycles. The maximum Gasteiger partial charge on any atom is 0.266 e. The first-order valence-electron chi connectivity index (χ1n) is 5.22. The van der Waals surface area contributed by atoms with Gasteiger partial charge in [-0.3, -0.25) is 0 Å². The van der Waals surface area contributed by atoms with E-state index in [1.54, 1.807) is 24.4 Å². The lowest BCUT2D eigenvalue weighted by atomic mass is 10.3. The highest BCUT2D eigenvalue weighted by atomic mass is 35.5. The van der Waals surface area contributed by atoms with E-state index in [1.165, 1.54) is 18.9 Å². The number of ether oxygens (including phenoxy) is 2. The first kappa shape index (κ1) is 14.2. The number of hydrogen-bond acceptors (Lipinski definition) is 5. The van der Waals surface area contributed by atoms with Crippen molar-refractivity contribution in [3.8, 4) is 17.4 Å². The summed E-state index contributed by atoms with van der Waals surface area (Å²) in [7, 11) is 1.53. The largest absolute Gasteiger partial charge is 0.490 e. The van der Waals surface area contributed by atoms with Crippen LogP contribution in [0.4, 0.5) is 0 Å². The Kier molecular flexibility index (Phi) is 4.74. The van der Waals surface area contributed by atoms with Crippen LogP contribution in [0.25, 0.3) is 0 Å². The van der Waals surface area contributed by atoms with Crippen molar-refractivity contribution in [2.75, 3.05) is 13.4 Å². The molecule has 7 heteroatoms. The highest BCUT2D eigenvalue weighted by Gasteiger charge is 2.11. The van der Waals surface area contributed by atoms with E-state index < -0.39 is 0 Å². The average molecular weight is 317 g/mol. The van der Waals surface area contributed by atoms with Gasteiger partial charge in [0.2, 0.25) is 0 Å². The van der Waals surface area contributed by atoms with E-state index in [0.29, 0.717) is 32.6 Å². The summed E-state index contributed by atoms with van der Waals surface area (Å²) in [6.45, 7) is 0. The molecule has 1 aromatic heterocycles. The topological polar surface area (TPSA) is 44.2 Å². The molecule has 0 amide bonds. The third kappa shape index (κ3) is 3.43. The molecule has 0 aliphatic carbocycles. The van der Waals surface area contributed by atoms with Crippen LogP contribution < -0.4 is 9.47 Å². The molecule has 0 radical (unpaired) electrons. The van der Waals surface area contributed by atoms with Gasteiger partial charge in [-0.05, 0) is 18.4 Å². The van der Waals surface area contributed by atoms with Gasteiger partial charge in [-0.25, -0.2) is 4.98 Å². The van der Waals surface area contributed by atoms with Crippen molar-refractivity contribution in [1.29, 1.82) is 0 Å². The zero-order valence-corrected chi connectivity index (χ0v) is 12.5. The van der Waals surface area contributed by atoms with E-state index in [2.05, 4.69) is 9.97 Å². The lowest BCUT2D eigenvalue weighted by Gasteiger charge is -2.10. The molecule has 0 fully saturated rings. The summed E-state index contributed by atoms with van der Waals surface area (Å²) in [6, 6.07) is 4.97. The maximum absolute atomic E-state index is 5.93. The van der Waals surface area contributed by atoms with Crippen LogP contribution in [0.2, 0.25) is 10.0 Å². The van der Waals surface area contributed by atoms with Gasteiger partial charge in [-0.15, -0.1) is 0 Å². The third-order valence-corrected chi connectivity index (χ3v) is 3.51. The Morgan fingerprint density at radius 1 is 1.21 bits per heavy atom. The monoisotopic (exact) mass is 316 g/mol. The van der Waals surface area contributed by atoms with E-state index in [0.717, 1.165) is 0 Å². The number of nitrogens with zero attached hydrogens (tertiary/aromatic N) is 2. The highest BCUT2D eigenvalue weighted by Crippen LogP contribution is 2.33. The molecule has 2 rings (SSSR count). The van der Waals surface area contributed by atoms with Crippen LogP contribution >= 0.6 is 35.0 Å². The molecule has 100 valence electrons. The van der Waals surface area contributed by atoms with Crippen molar-refractivity contribution in [2.45, 2.75) is 5.16 Å². The summed E-state index contributed by atoms with van der Waals surface area (Å²) in [5, 5.41) is 1.47. The lowest BCUT2D eigenvalue weighted by molar-refractivity contribution is 0.363. The SMILES string of the molecule is COc1cnc(SC)nc1Oc1ccc(Cl)c(Cl)c1. The standard InChI is InChI=1S/C12H10Cl2N2O2S/c1-17-10-6-15-12(19-2)16-11(10)18-7-3-4-8(13)9(14)5-7/h3-6H,1-2H3. The van der Waals surface area contributed by atoms with Gasteiger partial charge in [0, 0.05) is 6.07 Å². The van der Waals surface area contributed by atoms with E-state index in [4.69, 9.17) is 32.7 Å². The molecule has 0 saturated heterocycles. The Hall–Kier alpha value is -1.17. The third-order valence-electron chi connectivity index (χ3n) is 2.21. The molecule has 2 aromatic rings. The smallest absolute Gasteiger partial charge is 0.266 e. The second-order valence-electron chi connectivity index (χ2n) is 3.41. The van der Waals surface area contributed by atoms with E-state index in [9.17, 15) is 0 Å². The van der Waals surface area contributed by atoms with E-state index in [-0.39, 0.29) is 0 Å². The molecule has 0 atom stereocenters. The second kappa shape index (κ2) is 6.32. The zero-order valence-electron chi connectivity index (χ0n) is 10.2. The van der Waals surface area contributed by atoms with Crippen LogP contribution in [0.15, 0.2) is 29.6 Å². The molecule has 0 spiro atoms. The molecular formula is C12H10Cl2N2O2S. The quantitative estimate of drug-likeness (QED) is 0.621. The van der Waals surface area contributed by atoms with Crippen molar-refractivity contribution in [3.05, 3.63) is 34.4 Å². The van der Waals surface area contributed by atoms with Crippen LogP contribution in [0.5, 0.6) is 17.4 Å². The summed E-state index contributed by atoms with van der Waals surface area (Å²) < 4.78 is 10.8. The summed E-state index contributed by atoms with van der Waals surface area (Å²) in [5.41, 5.74) is 0.